The number of anilines is 1. The molecule has 0 aliphatic carbocycles. The topological polar surface area (TPSA) is 107 Å². The largest absolute Gasteiger partial charge is 0.506 e. The molecule has 0 saturated heterocycles. The standard InChI is InChI=1S/C12H15NO5/c1-12(2,3)11(18)13-8-7(14)5-4-6(9(8)15)10(16)17/h4-5,14-15H,1-3H3,(H,13,18)(H,16,17). The predicted octanol–water partition coefficient (Wildman–Crippen LogP) is 1.78. The lowest BCUT2D eigenvalue weighted by molar-refractivity contribution is -0.123. The average Bonchev–Trinajstić information content (AvgIpc) is 2.21. The normalized spacial score (nSPS) is 11.1. The Morgan fingerprint density at radius 3 is 2.17 bits per heavy atom. The molecular weight excluding hydrogens is 238 g/mol. The van der Waals surface area contributed by atoms with E-state index in [1.54, 1.807) is 20.8 Å². The van der Waals surface area contributed by atoms with Crippen LogP contribution in [0.2, 0.25) is 0 Å². The second-order valence-electron chi connectivity index (χ2n) is 4.87. The average molecular weight is 253 g/mol. The van der Waals surface area contributed by atoms with Crippen LogP contribution in [-0.4, -0.2) is 27.2 Å². The third kappa shape index (κ3) is 2.71. The third-order valence-electron chi connectivity index (χ3n) is 2.31. The smallest absolute Gasteiger partial charge is 0.339 e. The van der Waals surface area contributed by atoms with Gasteiger partial charge in [0.15, 0.2) is 5.75 Å². The Bertz CT molecular complexity index is 502. The first-order valence-electron chi connectivity index (χ1n) is 5.24. The Labute approximate surface area is 104 Å². The Morgan fingerprint density at radius 2 is 1.72 bits per heavy atom. The van der Waals surface area contributed by atoms with Gasteiger partial charge in [-0.15, -0.1) is 0 Å². The molecule has 0 atom stereocenters. The van der Waals surface area contributed by atoms with Crippen molar-refractivity contribution in [3.63, 3.8) is 0 Å². The molecule has 6 nitrogen and oxygen atoms in total. The van der Waals surface area contributed by atoms with Gasteiger partial charge in [-0.25, -0.2) is 4.79 Å². The van der Waals surface area contributed by atoms with Crippen molar-refractivity contribution in [3.05, 3.63) is 17.7 Å². The minimum atomic E-state index is -1.35. The van der Waals surface area contributed by atoms with Crippen LogP contribution in [-0.2, 0) is 4.79 Å². The SMILES string of the molecule is CC(C)(C)C(=O)Nc1c(O)ccc(C(=O)O)c1O. The molecule has 1 aromatic rings. The summed E-state index contributed by atoms with van der Waals surface area (Å²) in [5, 5.41) is 30.4. The summed E-state index contributed by atoms with van der Waals surface area (Å²) in [5.74, 6) is -2.86. The summed E-state index contributed by atoms with van der Waals surface area (Å²) in [6.45, 7) is 4.95. The second kappa shape index (κ2) is 4.56. The molecule has 18 heavy (non-hydrogen) atoms. The Kier molecular flexibility index (Phi) is 3.50. The number of phenols is 2. The van der Waals surface area contributed by atoms with Crippen LogP contribution in [0.3, 0.4) is 0 Å². The summed E-state index contributed by atoms with van der Waals surface area (Å²) in [7, 11) is 0. The number of nitrogens with one attached hydrogen (secondary N) is 1. The molecule has 98 valence electrons. The van der Waals surface area contributed by atoms with Gasteiger partial charge in [0.2, 0.25) is 5.91 Å². The molecule has 0 bridgehead atoms. The van der Waals surface area contributed by atoms with Crippen molar-refractivity contribution in [1.29, 1.82) is 0 Å². The van der Waals surface area contributed by atoms with Gasteiger partial charge in [0.25, 0.3) is 0 Å². The van der Waals surface area contributed by atoms with Crippen molar-refractivity contribution < 1.29 is 24.9 Å². The fraction of sp³-hybridized carbons (Fsp3) is 0.333. The highest BCUT2D eigenvalue weighted by atomic mass is 16.4. The molecule has 0 unspecified atom stereocenters. The Balaban J connectivity index is 3.21. The highest BCUT2D eigenvalue weighted by molar-refractivity contribution is 6.01. The zero-order chi connectivity index (χ0) is 14.1. The summed E-state index contributed by atoms with van der Waals surface area (Å²) in [6, 6.07) is 2.15. The van der Waals surface area contributed by atoms with Crippen LogP contribution in [0.4, 0.5) is 5.69 Å². The van der Waals surface area contributed by atoms with Gasteiger partial charge in [0.1, 0.15) is 17.0 Å². The molecule has 0 aliphatic rings. The molecule has 1 amide bonds. The van der Waals surface area contributed by atoms with Gasteiger partial charge in [-0.1, -0.05) is 20.8 Å². The lowest BCUT2D eigenvalue weighted by Crippen LogP contribution is -2.27. The highest BCUT2D eigenvalue weighted by Crippen LogP contribution is 2.36. The van der Waals surface area contributed by atoms with Gasteiger partial charge in [0.05, 0.1) is 0 Å². The number of hydrogen-bond acceptors (Lipinski definition) is 4. The van der Waals surface area contributed by atoms with Crippen LogP contribution >= 0.6 is 0 Å². The van der Waals surface area contributed by atoms with E-state index in [2.05, 4.69) is 5.32 Å². The fourth-order valence-corrected chi connectivity index (χ4v) is 1.18. The van der Waals surface area contributed by atoms with Crippen LogP contribution in [0, 0.1) is 5.41 Å². The summed E-state index contributed by atoms with van der Waals surface area (Å²) in [6.07, 6.45) is 0. The number of carbonyl (C=O) groups is 2. The van der Waals surface area contributed by atoms with Crippen LogP contribution in [0.15, 0.2) is 12.1 Å². The van der Waals surface area contributed by atoms with Gasteiger partial charge < -0.3 is 20.6 Å². The summed E-state index contributed by atoms with van der Waals surface area (Å²) >= 11 is 0. The summed E-state index contributed by atoms with van der Waals surface area (Å²) in [4.78, 5) is 22.6. The van der Waals surface area contributed by atoms with Crippen LogP contribution in [0.1, 0.15) is 31.1 Å². The molecular formula is C12H15NO5. The maximum Gasteiger partial charge on any atom is 0.339 e. The number of phenolic OH excluding ortho intramolecular Hbond substituents is 1. The molecule has 1 aromatic carbocycles. The maximum atomic E-state index is 11.7. The number of carbonyl (C=O) groups excluding carboxylic acids is 1. The van der Waals surface area contributed by atoms with E-state index in [1.807, 2.05) is 0 Å². The number of amides is 1. The van der Waals surface area contributed by atoms with Crippen molar-refractivity contribution in [3.8, 4) is 11.5 Å². The molecule has 0 fully saturated rings. The maximum absolute atomic E-state index is 11.7. The van der Waals surface area contributed by atoms with Gasteiger partial charge in [-0.3, -0.25) is 4.79 Å². The minimum absolute atomic E-state index is 0.296. The molecule has 4 N–H and O–H groups in total. The predicted molar refractivity (Wildman–Crippen MR) is 64.8 cm³/mol. The summed E-state index contributed by atoms with van der Waals surface area (Å²) in [5.41, 5.74) is -1.43. The molecule has 0 heterocycles. The van der Waals surface area contributed by atoms with Crippen LogP contribution in [0.5, 0.6) is 11.5 Å². The van der Waals surface area contributed by atoms with E-state index in [-0.39, 0.29) is 5.69 Å². The van der Waals surface area contributed by atoms with Gasteiger partial charge in [-0.2, -0.15) is 0 Å². The molecule has 1 rings (SSSR count). The van der Waals surface area contributed by atoms with E-state index >= 15 is 0 Å². The van der Waals surface area contributed by atoms with E-state index in [4.69, 9.17) is 5.11 Å². The zero-order valence-electron chi connectivity index (χ0n) is 10.3. The van der Waals surface area contributed by atoms with E-state index in [0.29, 0.717) is 0 Å². The van der Waals surface area contributed by atoms with Crippen LogP contribution in [0.25, 0.3) is 0 Å². The minimum Gasteiger partial charge on any atom is -0.506 e. The highest BCUT2D eigenvalue weighted by Gasteiger charge is 2.25. The van der Waals surface area contributed by atoms with E-state index in [9.17, 15) is 19.8 Å². The lowest BCUT2D eigenvalue weighted by atomic mass is 9.95. The number of benzene rings is 1. The number of carboxylic acid groups (broad SMARTS) is 1. The number of aromatic hydroxyl groups is 2. The molecule has 6 heteroatoms. The van der Waals surface area contributed by atoms with Gasteiger partial charge in [0, 0.05) is 5.41 Å². The van der Waals surface area contributed by atoms with E-state index in [0.717, 1.165) is 12.1 Å². The van der Waals surface area contributed by atoms with Gasteiger partial charge in [-0.05, 0) is 12.1 Å². The van der Waals surface area contributed by atoms with Crippen LogP contribution < -0.4 is 5.32 Å². The van der Waals surface area contributed by atoms with Crippen molar-refractivity contribution in [2.45, 2.75) is 20.8 Å². The first-order chi connectivity index (χ1) is 8.14. The Hall–Kier alpha value is -2.24. The lowest BCUT2D eigenvalue weighted by Gasteiger charge is -2.19. The Morgan fingerprint density at radius 1 is 1.17 bits per heavy atom. The number of rotatable bonds is 2. The van der Waals surface area contributed by atoms with Crippen molar-refractivity contribution >= 4 is 17.6 Å². The zero-order valence-corrected chi connectivity index (χ0v) is 10.3. The van der Waals surface area contributed by atoms with Gasteiger partial charge >= 0.3 is 5.97 Å². The quantitative estimate of drug-likeness (QED) is 0.601. The molecule has 0 spiro atoms. The number of aromatic carboxylic acids is 1. The monoisotopic (exact) mass is 253 g/mol. The summed E-state index contributed by atoms with van der Waals surface area (Å²) < 4.78 is 0. The second-order valence-corrected chi connectivity index (χ2v) is 4.87. The van der Waals surface area contributed by atoms with E-state index < -0.39 is 34.4 Å². The number of carboxylic acids is 1. The van der Waals surface area contributed by atoms with Crippen molar-refractivity contribution in [2.75, 3.05) is 5.32 Å². The third-order valence-corrected chi connectivity index (χ3v) is 2.31. The molecule has 0 aromatic heterocycles. The first kappa shape index (κ1) is 13.8. The van der Waals surface area contributed by atoms with E-state index in [1.165, 1.54) is 0 Å². The number of hydrogen-bond donors (Lipinski definition) is 4. The first-order valence-corrected chi connectivity index (χ1v) is 5.24. The molecule has 0 radical (unpaired) electrons. The van der Waals surface area contributed by atoms with Crippen molar-refractivity contribution in [1.82, 2.24) is 0 Å². The molecule has 0 saturated carbocycles. The molecule has 0 aliphatic heterocycles. The fourth-order valence-electron chi connectivity index (χ4n) is 1.18. The van der Waals surface area contributed by atoms with Crippen molar-refractivity contribution in [2.24, 2.45) is 5.41 Å².